The van der Waals surface area contributed by atoms with Crippen LogP contribution in [-0.2, 0) is 14.3 Å². The van der Waals surface area contributed by atoms with Crippen molar-refractivity contribution < 1.29 is 14.3 Å². The molecular weight excluding hydrogens is 134 g/mol. The molecule has 0 heterocycles. The van der Waals surface area contributed by atoms with Crippen molar-refractivity contribution in [2.75, 3.05) is 7.11 Å². The molecule has 0 aromatic carbocycles. The zero-order valence-electron chi connectivity index (χ0n) is 5.79. The van der Waals surface area contributed by atoms with Crippen LogP contribution in [-0.4, -0.2) is 25.5 Å². The number of carbonyl (C=O) groups is 2. The molecule has 1 radical (unpaired) electrons. The smallest absolute Gasteiger partial charge is 0.328 e. The van der Waals surface area contributed by atoms with E-state index in [0.29, 0.717) is 12.8 Å². The van der Waals surface area contributed by atoms with Crippen molar-refractivity contribution in [2.24, 2.45) is 0 Å². The lowest BCUT2D eigenvalue weighted by atomic mass is 10.2. The monoisotopic (exact) mass is 144 g/mol. The minimum atomic E-state index is -0.609. The highest BCUT2D eigenvalue weighted by atomic mass is 16.5. The van der Waals surface area contributed by atoms with E-state index in [1.807, 2.05) is 0 Å². The largest absolute Gasteiger partial charge is 0.467 e. The number of ether oxygens (including phenoxy) is 1. The van der Waals surface area contributed by atoms with Gasteiger partial charge in [-0.25, -0.2) is 4.79 Å². The van der Waals surface area contributed by atoms with Crippen molar-refractivity contribution in [3.05, 3.63) is 6.92 Å². The number of rotatable bonds is 4. The van der Waals surface area contributed by atoms with E-state index in [1.165, 1.54) is 7.11 Å². The Morgan fingerprint density at radius 1 is 1.90 bits per heavy atom. The van der Waals surface area contributed by atoms with Crippen LogP contribution in [0.25, 0.3) is 0 Å². The highest BCUT2D eigenvalue weighted by Gasteiger charge is 2.14. The number of amides is 1. The first kappa shape index (κ1) is 8.94. The predicted molar refractivity (Wildman–Crippen MR) is 35.0 cm³/mol. The molecule has 0 spiro atoms. The molecule has 4 heteroatoms. The van der Waals surface area contributed by atoms with Gasteiger partial charge in [0.15, 0.2) is 0 Å². The van der Waals surface area contributed by atoms with Gasteiger partial charge in [0.2, 0.25) is 6.41 Å². The van der Waals surface area contributed by atoms with Crippen LogP contribution in [0.3, 0.4) is 0 Å². The molecular formula is C6H10NO3. The fourth-order valence-corrected chi connectivity index (χ4v) is 0.494. The van der Waals surface area contributed by atoms with Gasteiger partial charge in [0, 0.05) is 0 Å². The molecule has 0 aliphatic rings. The third-order valence-electron chi connectivity index (χ3n) is 1.04. The zero-order chi connectivity index (χ0) is 7.98. The summed E-state index contributed by atoms with van der Waals surface area (Å²) < 4.78 is 4.36. The van der Waals surface area contributed by atoms with Gasteiger partial charge in [-0.05, 0) is 6.42 Å². The molecule has 0 aromatic heterocycles. The van der Waals surface area contributed by atoms with Crippen molar-refractivity contribution in [3.63, 3.8) is 0 Å². The highest BCUT2D eigenvalue weighted by Crippen LogP contribution is 1.90. The molecule has 0 bridgehead atoms. The Kier molecular flexibility index (Phi) is 4.28. The minimum absolute atomic E-state index is 0.297. The number of hydrogen-bond donors (Lipinski definition) is 1. The second-order valence-corrected chi connectivity index (χ2v) is 1.65. The number of esters is 1. The third-order valence-corrected chi connectivity index (χ3v) is 1.04. The summed E-state index contributed by atoms with van der Waals surface area (Å²) in [4.78, 5) is 20.5. The van der Waals surface area contributed by atoms with E-state index in [9.17, 15) is 9.59 Å². The minimum Gasteiger partial charge on any atom is -0.467 e. The molecule has 0 aliphatic carbocycles. The number of hydrogen-bond acceptors (Lipinski definition) is 3. The number of nitrogens with one attached hydrogen (secondary N) is 1. The van der Waals surface area contributed by atoms with Crippen LogP contribution in [0.4, 0.5) is 0 Å². The Labute approximate surface area is 59.6 Å². The Morgan fingerprint density at radius 3 is 2.80 bits per heavy atom. The first-order chi connectivity index (χ1) is 4.76. The first-order valence-corrected chi connectivity index (χ1v) is 2.83. The Hall–Kier alpha value is -1.06. The van der Waals surface area contributed by atoms with Crippen LogP contribution in [0.1, 0.15) is 6.42 Å². The van der Waals surface area contributed by atoms with Gasteiger partial charge < -0.3 is 10.1 Å². The zero-order valence-corrected chi connectivity index (χ0v) is 5.79. The lowest BCUT2D eigenvalue weighted by molar-refractivity contribution is -0.143. The van der Waals surface area contributed by atoms with Gasteiger partial charge in [-0.3, -0.25) is 4.79 Å². The van der Waals surface area contributed by atoms with E-state index in [-0.39, 0.29) is 0 Å². The average molecular weight is 144 g/mol. The van der Waals surface area contributed by atoms with Gasteiger partial charge in [0.1, 0.15) is 6.04 Å². The molecule has 0 fully saturated rings. The highest BCUT2D eigenvalue weighted by molar-refractivity contribution is 5.78. The molecule has 1 N–H and O–H groups in total. The van der Waals surface area contributed by atoms with E-state index in [1.54, 1.807) is 0 Å². The standard InChI is InChI=1S/C6H10NO3/c1-3-5(7-4-8)6(9)10-2/h4-5H,1,3H2,2H3,(H,7,8)/t5-/m1/s1. The summed E-state index contributed by atoms with van der Waals surface area (Å²) in [7, 11) is 1.26. The SMILES string of the molecule is [CH2]C[C@@H](NC=O)C(=O)OC. The van der Waals surface area contributed by atoms with Gasteiger partial charge in [-0.2, -0.15) is 0 Å². The maximum Gasteiger partial charge on any atom is 0.328 e. The summed E-state index contributed by atoms with van der Waals surface area (Å²) in [6.45, 7) is 3.45. The van der Waals surface area contributed by atoms with Gasteiger partial charge in [-0.15, -0.1) is 0 Å². The number of methoxy groups -OCH3 is 1. The van der Waals surface area contributed by atoms with Crippen molar-refractivity contribution in [2.45, 2.75) is 12.5 Å². The summed E-state index contributed by atoms with van der Waals surface area (Å²) in [5.41, 5.74) is 0. The molecule has 0 rings (SSSR count). The molecule has 1 amide bonds. The second kappa shape index (κ2) is 4.78. The molecule has 57 valence electrons. The molecule has 10 heavy (non-hydrogen) atoms. The average Bonchev–Trinajstić information content (AvgIpc) is 1.99. The summed E-state index contributed by atoms with van der Waals surface area (Å²) in [5.74, 6) is -0.470. The quantitative estimate of drug-likeness (QED) is 0.427. The summed E-state index contributed by atoms with van der Waals surface area (Å²) >= 11 is 0. The molecule has 0 saturated carbocycles. The molecule has 0 saturated heterocycles. The van der Waals surface area contributed by atoms with Gasteiger partial charge >= 0.3 is 5.97 Å². The summed E-state index contributed by atoms with van der Waals surface area (Å²) in [6, 6.07) is -0.609. The van der Waals surface area contributed by atoms with Crippen molar-refractivity contribution >= 4 is 12.4 Å². The fourth-order valence-electron chi connectivity index (χ4n) is 0.494. The third kappa shape index (κ3) is 2.48. The van der Waals surface area contributed by atoms with Crippen molar-refractivity contribution in [1.82, 2.24) is 5.32 Å². The molecule has 0 unspecified atom stereocenters. The van der Waals surface area contributed by atoms with E-state index < -0.39 is 12.0 Å². The Bertz CT molecular complexity index is 124. The van der Waals surface area contributed by atoms with E-state index in [4.69, 9.17) is 0 Å². The predicted octanol–water partition coefficient (Wildman–Crippen LogP) is -0.502. The van der Waals surface area contributed by atoms with Crippen LogP contribution < -0.4 is 5.32 Å². The molecule has 0 aliphatic heterocycles. The maximum atomic E-state index is 10.6. The number of carbonyl (C=O) groups excluding carboxylic acids is 2. The van der Waals surface area contributed by atoms with Crippen LogP contribution in [0.5, 0.6) is 0 Å². The van der Waals surface area contributed by atoms with E-state index in [2.05, 4.69) is 17.0 Å². The lowest BCUT2D eigenvalue weighted by Gasteiger charge is -2.09. The fraction of sp³-hybridized carbons (Fsp3) is 0.500. The van der Waals surface area contributed by atoms with Gasteiger partial charge in [0.25, 0.3) is 0 Å². The van der Waals surface area contributed by atoms with Crippen LogP contribution in [0.2, 0.25) is 0 Å². The molecule has 1 atom stereocenters. The Morgan fingerprint density at radius 2 is 2.50 bits per heavy atom. The van der Waals surface area contributed by atoms with E-state index >= 15 is 0 Å². The van der Waals surface area contributed by atoms with Crippen molar-refractivity contribution in [1.29, 1.82) is 0 Å². The van der Waals surface area contributed by atoms with Crippen LogP contribution in [0.15, 0.2) is 0 Å². The van der Waals surface area contributed by atoms with Crippen LogP contribution >= 0.6 is 0 Å². The summed E-state index contributed by atoms with van der Waals surface area (Å²) in [5, 5.41) is 2.27. The molecule has 4 nitrogen and oxygen atoms in total. The first-order valence-electron chi connectivity index (χ1n) is 2.83. The lowest BCUT2D eigenvalue weighted by Crippen LogP contribution is -2.35. The van der Waals surface area contributed by atoms with Gasteiger partial charge in [0.05, 0.1) is 7.11 Å². The maximum absolute atomic E-state index is 10.6. The second-order valence-electron chi connectivity index (χ2n) is 1.65. The topological polar surface area (TPSA) is 55.4 Å². The van der Waals surface area contributed by atoms with E-state index in [0.717, 1.165) is 0 Å². The summed E-state index contributed by atoms with van der Waals surface area (Å²) in [6.07, 6.45) is 0.748. The normalized spacial score (nSPS) is 11.8. The van der Waals surface area contributed by atoms with Crippen molar-refractivity contribution in [3.8, 4) is 0 Å². The van der Waals surface area contributed by atoms with Gasteiger partial charge in [-0.1, -0.05) is 6.92 Å². The molecule has 0 aromatic rings. The van der Waals surface area contributed by atoms with Crippen LogP contribution in [0, 0.1) is 6.92 Å². The Balaban J connectivity index is 3.79.